The van der Waals surface area contributed by atoms with Crippen LogP contribution in [0.4, 0.5) is 0 Å². The molecule has 15 heavy (non-hydrogen) atoms. The van der Waals surface area contributed by atoms with E-state index in [4.69, 9.17) is 16.3 Å². The number of halogens is 1. The number of piperidine rings is 1. The third-order valence-corrected chi connectivity index (χ3v) is 3.46. The van der Waals surface area contributed by atoms with Crippen molar-refractivity contribution in [3.8, 4) is 0 Å². The van der Waals surface area contributed by atoms with Crippen molar-refractivity contribution >= 4 is 11.6 Å². The van der Waals surface area contributed by atoms with Crippen molar-refractivity contribution in [1.82, 2.24) is 4.90 Å². The van der Waals surface area contributed by atoms with Gasteiger partial charge in [-0.25, -0.2) is 0 Å². The summed E-state index contributed by atoms with van der Waals surface area (Å²) in [7, 11) is 0. The van der Waals surface area contributed by atoms with Crippen LogP contribution in [0.25, 0.3) is 0 Å². The highest BCUT2D eigenvalue weighted by Gasteiger charge is 2.24. The molecule has 1 saturated heterocycles. The Morgan fingerprint density at radius 2 is 2.07 bits per heavy atom. The monoisotopic (exact) mass is 233 g/mol. The van der Waals surface area contributed by atoms with Gasteiger partial charge in [0.1, 0.15) is 0 Å². The van der Waals surface area contributed by atoms with Crippen LogP contribution in [0.15, 0.2) is 0 Å². The Balaban J connectivity index is 2.17. The molecule has 3 heteroatoms. The molecule has 0 spiro atoms. The molecular weight excluding hydrogens is 210 g/mol. The Labute approximate surface area is 98.9 Å². The van der Waals surface area contributed by atoms with Crippen LogP contribution in [0.2, 0.25) is 0 Å². The summed E-state index contributed by atoms with van der Waals surface area (Å²) in [6, 6.07) is 0. The molecule has 0 aromatic heterocycles. The van der Waals surface area contributed by atoms with Crippen molar-refractivity contribution < 1.29 is 4.74 Å². The lowest BCUT2D eigenvalue weighted by Crippen LogP contribution is -2.42. The molecule has 1 rings (SSSR count). The van der Waals surface area contributed by atoms with E-state index in [1.165, 1.54) is 6.42 Å². The van der Waals surface area contributed by atoms with Crippen LogP contribution in [0, 0.1) is 5.92 Å². The summed E-state index contributed by atoms with van der Waals surface area (Å²) in [5.41, 5.74) is -0.0244. The van der Waals surface area contributed by atoms with Gasteiger partial charge in [0.2, 0.25) is 0 Å². The molecule has 0 aromatic carbocycles. The van der Waals surface area contributed by atoms with E-state index in [1.807, 2.05) is 0 Å². The highest BCUT2D eigenvalue weighted by Crippen LogP contribution is 2.21. The fourth-order valence-electron chi connectivity index (χ4n) is 1.77. The summed E-state index contributed by atoms with van der Waals surface area (Å²) in [6.07, 6.45) is 1.21. The number of alkyl halides is 1. The van der Waals surface area contributed by atoms with Gasteiger partial charge in [0.05, 0.1) is 12.2 Å². The normalized spacial score (nSPS) is 29.4. The van der Waals surface area contributed by atoms with E-state index in [0.717, 1.165) is 26.2 Å². The zero-order chi connectivity index (χ0) is 11.5. The van der Waals surface area contributed by atoms with Gasteiger partial charge in [0.25, 0.3) is 0 Å². The van der Waals surface area contributed by atoms with Crippen LogP contribution < -0.4 is 0 Å². The van der Waals surface area contributed by atoms with E-state index in [-0.39, 0.29) is 5.60 Å². The lowest BCUT2D eigenvalue weighted by Gasteiger charge is -2.34. The largest absolute Gasteiger partial charge is 0.375 e. The first-order valence-electron chi connectivity index (χ1n) is 5.89. The van der Waals surface area contributed by atoms with Crippen LogP contribution in [0.1, 0.15) is 34.1 Å². The van der Waals surface area contributed by atoms with Crippen LogP contribution in [-0.2, 0) is 4.74 Å². The SMILES string of the molecule is CC1CCN(CCOC(C)(C)C)CC1Cl. The van der Waals surface area contributed by atoms with E-state index in [9.17, 15) is 0 Å². The van der Waals surface area contributed by atoms with Crippen molar-refractivity contribution in [2.75, 3.05) is 26.2 Å². The Hall–Kier alpha value is 0.210. The van der Waals surface area contributed by atoms with Crippen LogP contribution in [0.5, 0.6) is 0 Å². The first-order chi connectivity index (χ1) is 6.88. The zero-order valence-electron chi connectivity index (χ0n) is 10.4. The molecule has 1 aliphatic rings. The molecular formula is C12H24ClNO. The summed E-state index contributed by atoms with van der Waals surface area (Å²) in [4.78, 5) is 2.41. The van der Waals surface area contributed by atoms with Gasteiger partial charge in [-0.2, -0.15) is 0 Å². The Bertz CT molecular complexity index is 191. The van der Waals surface area contributed by atoms with Gasteiger partial charge in [0, 0.05) is 18.5 Å². The fourth-order valence-corrected chi connectivity index (χ4v) is 2.09. The van der Waals surface area contributed by atoms with Crippen LogP contribution >= 0.6 is 11.6 Å². The fraction of sp³-hybridized carbons (Fsp3) is 1.00. The minimum Gasteiger partial charge on any atom is -0.375 e. The average Bonchev–Trinajstić information content (AvgIpc) is 2.09. The van der Waals surface area contributed by atoms with Crippen molar-refractivity contribution in [2.24, 2.45) is 5.92 Å². The maximum absolute atomic E-state index is 6.25. The number of rotatable bonds is 3. The smallest absolute Gasteiger partial charge is 0.0600 e. The van der Waals surface area contributed by atoms with Gasteiger partial charge in [-0.3, -0.25) is 4.90 Å². The van der Waals surface area contributed by atoms with Gasteiger partial charge in [0.15, 0.2) is 0 Å². The third-order valence-electron chi connectivity index (χ3n) is 2.89. The predicted molar refractivity (Wildman–Crippen MR) is 65.6 cm³/mol. The zero-order valence-corrected chi connectivity index (χ0v) is 11.2. The molecule has 2 atom stereocenters. The van der Waals surface area contributed by atoms with E-state index in [2.05, 4.69) is 32.6 Å². The van der Waals surface area contributed by atoms with Gasteiger partial charge < -0.3 is 4.74 Å². The van der Waals surface area contributed by atoms with Gasteiger partial charge in [-0.15, -0.1) is 11.6 Å². The number of hydrogen-bond donors (Lipinski definition) is 0. The van der Waals surface area contributed by atoms with E-state index >= 15 is 0 Å². The lowest BCUT2D eigenvalue weighted by atomic mass is 9.99. The van der Waals surface area contributed by atoms with Crippen LogP contribution in [-0.4, -0.2) is 42.1 Å². The molecule has 2 nitrogen and oxygen atoms in total. The molecule has 0 amide bonds. The van der Waals surface area contributed by atoms with Gasteiger partial charge >= 0.3 is 0 Å². The molecule has 0 aliphatic carbocycles. The molecule has 0 N–H and O–H groups in total. The molecule has 1 aliphatic heterocycles. The number of ether oxygens (including phenoxy) is 1. The average molecular weight is 234 g/mol. The summed E-state index contributed by atoms with van der Waals surface area (Å²) >= 11 is 6.25. The topological polar surface area (TPSA) is 12.5 Å². The van der Waals surface area contributed by atoms with Crippen molar-refractivity contribution in [2.45, 2.75) is 45.1 Å². The molecule has 0 aromatic rings. The molecule has 0 saturated carbocycles. The molecule has 0 radical (unpaired) electrons. The predicted octanol–water partition coefficient (Wildman–Crippen LogP) is 2.75. The maximum atomic E-state index is 6.25. The highest BCUT2D eigenvalue weighted by molar-refractivity contribution is 6.21. The number of likely N-dealkylation sites (tertiary alicyclic amines) is 1. The van der Waals surface area contributed by atoms with E-state index in [1.54, 1.807) is 0 Å². The molecule has 2 unspecified atom stereocenters. The van der Waals surface area contributed by atoms with Crippen molar-refractivity contribution in [3.63, 3.8) is 0 Å². The second-order valence-electron chi connectivity index (χ2n) is 5.54. The first kappa shape index (κ1) is 13.3. The summed E-state index contributed by atoms with van der Waals surface area (Å²) in [6.45, 7) is 12.5. The first-order valence-corrected chi connectivity index (χ1v) is 6.32. The number of hydrogen-bond acceptors (Lipinski definition) is 2. The molecule has 90 valence electrons. The minimum atomic E-state index is -0.0244. The Morgan fingerprint density at radius 3 is 2.60 bits per heavy atom. The van der Waals surface area contributed by atoms with Gasteiger partial charge in [-0.1, -0.05) is 6.92 Å². The molecule has 1 heterocycles. The Morgan fingerprint density at radius 1 is 1.40 bits per heavy atom. The van der Waals surface area contributed by atoms with Crippen molar-refractivity contribution in [1.29, 1.82) is 0 Å². The van der Waals surface area contributed by atoms with Crippen molar-refractivity contribution in [3.05, 3.63) is 0 Å². The minimum absolute atomic E-state index is 0.0244. The molecule has 1 fully saturated rings. The second-order valence-corrected chi connectivity index (χ2v) is 6.10. The quantitative estimate of drug-likeness (QED) is 0.696. The Kier molecular flexibility index (Phi) is 4.88. The summed E-state index contributed by atoms with van der Waals surface area (Å²) in [5.74, 6) is 0.659. The second kappa shape index (κ2) is 5.51. The van der Waals surface area contributed by atoms with Gasteiger partial charge in [-0.05, 0) is 39.7 Å². The van der Waals surface area contributed by atoms with Crippen LogP contribution in [0.3, 0.4) is 0 Å². The standard InChI is InChI=1S/C12H24ClNO/c1-10-5-6-14(9-11(10)13)7-8-15-12(2,3)4/h10-11H,5-9H2,1-4H3. The number of nitrogens with zero attached hydrogens (tertiary/aromatic N) is 1. The summed E-state index contributed by atoms with van der Waals surface area (Å²) < 4.78 is 5.71. The summed E-state index contributed by atoms with van der Waals surface area (Å²) in [5, 5.41) is 0.313. The maximum Gasteiger partial charge on any atom is 0.0600 e. The lowest BCUT2D eigenvalue weighted by molar-refractivity contribution is -0.0157. The highest BCUT2D eigenvalue weighted by atomic mass is 35.5. The van der Waals surface area contributed by atoms with E-state index < -0.39 is 0 Å². The third kappa shape index (κ3) is 5.19. The molecule has 0 bridgehead atoms. The van der Waals surface area contributed by atoms with E-state index in [0.29, 0.717) is 11.3 Å².